The van der Waals surface area contributed by atoms with Crippen molar-refractivity contribution in [2.45, 2.75) is 31.3 Å². The summed E-state index contributed by atoms with van der Waals surface area (Å²) < 4.78 is 6.91. The molecule has 1 saturated carbocycles. The molecule has 0 spiro atoms. The minimum atomic E-state index is 0.468. The van der Waals surface area contributed by atoms with Crippen molar-refractivity contribution < 1.29 is 4.74 Å². The molecule has 0 bridgehead atoms. The van der Waals surface area contributed by atoms with Crippen LogP contribution in [0.1, 0.15) is 30.7 Å². The maximum atomic E-state index is 5.81. The van der Waals surface area contributed by atoms with Gasteiger partial charge in [0.2, 0.25) is 0 Å². The molecule has 1 N–H and O–H groups in total. The zero-order valence-corrected chi connectivity index (χ0v) is 10.8. The Morgan fingerprint density at radius 1 is 1.25 bits per heavy atom. The smallest absolute Gasteiger partial charge is 0.133 e. The van der Waals surface area contributed by atoms with Crippen molar-refractivity contribution in [2.24, 2.45) is 0 Å². The molecule has 16 heavy (non-hydrogen) atoms. The minimum Gasteiger partial charge on any atom is -0.489 e. The average Bonchev–Trinajstić information content (AvgIpc) is 2.94. The van der Waals surface area contributed by atoms with Crippen molar-refractivity contribution in [3.05, 3.63) is 28.2 Å². The first kappa shape index (κ1) is 10.6. The number of ether oxygens (including phenoxy) is 1. The molecule has 1 saturated heterocycles. The number of hydrogen-bond donors (Lipinski definition) is 1. The van der Waals surface area contributed by atoms with Crippen LogP contribution < -0.4 is 10.1 Å². The van der Waals surface area contributed by atoms with E-state index in [1.54, 1.807) is 0 Å². The molecule has 1 heterocycles. The van der Waals surface area contributed by atoms with Crippen LogP contribution in [0.25, 0.3) is 0 Å². The lowest BCUT2D eigenvalue weighted by molar-refractivity contribution is 0.301. The minimum absolute atomic E-state index is 0.468. The Labute approximate surface area is 105 Å². The van der Waals surface area contributed by atoms with E-state index in [4.69, 9.17) is 4.74 Å². The van der Waals surface area contributed by atoms with Gasteiger partial charge in [0, 0.05) is 6.54 Å². The highest BCUT2D eigenvalue weighted by Crippen LogP contribution is 2.34. The third kappa shape index (κ3) is 2.25. The van der Waals surface area contributed by atoms with Gasteiger partial charge in [-0.15, -0.1) is 0 Å². The topological polar surface area (TPSA) is 21.3 Å². The molecular weight excluding hydrogens is 266 g/mol. The van der Waals surface area contributed by atoms with E-state index in [-0.39, 0.29) is 0 Å². The highest BCUT2D eigenvalue weighted by molar-refractivity contribution is 9.10. The summed E-state index contributed by atoms with van der Waals surface area (Å²) in [7, 11) is 0. The molecule has 1 aliphatic heterocycles. The van der Waals surface area contributed by atoms with Crippen molar-refractivity contribution in [1.82, 2.24) is 5.32 Å². The van der Waals surface area contributed by atoms with Gasteiger partial charge in [-0.3, -0.25) is 0 Å². The second-order valence-corrected chi connectivity index (χ2v) is 5.55. The maximum Gasteiger partial charge on any atom is 0.133 e. The van der Waals surface area contributed by atoms with Crippen LogP contribution in [0.4, 0.5) is 0 Å². The normalized spacial score (nSPS) is 24.7. The zero-order valence-electron chi connectivity index (χ0n) is 9.21. The number of nitrogens with one attached hydrogen (secondary N) is 1. The van der Waals surface area contributed by atoms with Gasteiger partial charge in [0.05, 0.1) is 10.6 Å². The Balaban J connectivity index is 1.77. The lowest BCUT2D eigenvalue weighted by Gasteiger charge is -2.12. The van der Waals surface area contributed by atoms with Gasteiger partial charge in [-0.2, -0.15) is 0 Å². The van der Waals surface area contributed by atoms with Gasteiger partial charge >= 0.3 is 0 Å². The fraction of sp³-hybridized carbons (Fsp3) is 0.538. The van der Waals surface area contributed by atoms with E-state index >= 15 is 0 Å². The van der Waals surface area contributed by atoms with Crippen molar-refractivity contribution in [2.75, 3.05) is 13.1 Å². The van der Waals surface area contributed by atoms with Gasteiger partial charge < -0.3 is 10.1 Å². The molecule has 2 aliphatic rings. The van der Waals surface area contributed by atoms with Crippen molar-refractivity contribution in [3.8, 4) is 5.75 Å². The molecule has 1 aromatic rings. The maximum absolute atomic E-state index is 5.81. The van der Waals surface area contributed by atoms with Crippen molar-refractivity contribution in [3.63, 3.8) is 0 Å². The summed E-state index contributed by atoms with van der Waals surface area (Å²) in [6, 6.07) is 6.53. The van der Waals surface area contributed by atoms with Gasteiger partial charge in [-0.25, -0.2) is 0 Å². The summed E-state index contributed by atoms with van der Waals surface area (Å²) in [5, 5.41) is 3.40. The second-order valence-electron chi connectivity index (χ2n) is 4.70. The van der Waals surface area contributed by atoms with Gasteiger partial charge in [-0.1, -0.05) is 6.07 Å². The zero-order chi connectivity index (χ0) is 11.0. The van der Waals surface area contributed by atoms with Crippen molar-refractivity contribution >= 4 is 15.9 Å². The third-order valence-electron chi connectivity index (χ3n) is 3.31. The van der Waals surface area contributed by atoms with Crippen LogP contribution in [0.15, 0.2) is 22.7 Å². The predicted molar refractivity (Wildman–Crippen MR) is 68.0 cm³/mol. The van der Waals surface area contributed by atoms with E-state index < -0.39 is 0 Å². The van der Waals surface area contributed by atoms with E-state index in [1.165, 1.54) is 24.8 Å². The molecule has 3 heteroatoms. The Bertz CT molecular complexity index is 384. The summed E-state index contributed by atoms with van der Waals surface area (Å²) >= 11 is 3.61. The predicted octanol–water partition coefficient (Wildman–Crippen LogP) is 3.07. The first-order valence-electron chi connectivity index (χ1n) is 6.00. The van der Waals surface area contributed by atoms with Crippen LogP contribution in [0.5, 0.6) is 5.75 Å². The first-order valence-corrected chi connectivity index (χ1v) is 6.79. The van der Waals surface area contributed by atoms with E-state index in [0.717, 1.165) is 23.3 Å². The number of halogens is 1. The van der Waals surface area contributed by atoms with Gasteiger partial charge in [0.15, 0.2) is 0 Å². The SMILES string of the molecule is Brc1cc(C2CCNC2)ccc1OC1CC1. The standard InChI is InChI=1S/C13H16BrNO/c14-12-7-9(10-5-6-15-8-10)1-4-13(12)16-11-2-3-11/h1,4,7,10-11,15H,2-3,5-6,8H2. The second kappa shape index (κ2) is 4.38. The van der Waals surface area contributed by atoms with Crippen molar-refractivity contribution in [1.29, 1.82) is 0 Å². The van der Waals surface area contributed by atoms with E-state index in [0.29, 0.717) is 12.0 Å². The highest BCUT2D eigenvalue weighted by atomic mass is 79.9. The quantitative estimate of drug-likeness (QED) is 0.920. The molecule has 0 amide bonds. The summed E-state index contributed by atoms with van der Waals surface area (Å²) in [5.41, 5.74) is 1.42. The molecule has 1 atom stereocenters. The molecule has 2 nitrogen and oxygen atoms in total. The Hall–Kier alpha value is -0.540. The van der Waals surface area contributed by atoms with Crippen LogP contribution in [0.3, 0.4) is 0 Å². The van der Waals surface area contributed by atoms with E-state index in [2.05, 4.69) is 39.4 Å². The van der Waals surface area contributed by atoms with E-state index in [9.17, 15) is 0 Å². The van der Waals surface area contributed by atoms with Crippen LogP contribution in [-0.4, -0.2) is 19.2 Å². The fourth-order valence-corrected chi connectivity index (χ4v) is 2.66. The molecule has 0 radical (unpaired) electrons. The lowest BCUT2D eigenvalue weighted by Crippen LogP contribution is -2.08. The van der Waals surface area contributed by atoms with E-state index in [1.807, 2.05) is 0 Å². The molecule has 1 aliphatic carbocycles. The number of hydrogen-bond acceptors (Lipinski definition) is 2. The van der Waals surface area contributed by atoms with Gasteiger partial charge in [0.25, 0.3) is 0 Å². The largest absolute Gasteiger partial charge is 0.489 e. The summed E-state index contributed by atoms with van der Waals surface area (Å²) in [4.78, 5) is 0. The van der Waals surface area contributed by atoms with Gasteiger partial charge in [-0.05, 0) is 65.4 Å². The molecule has 1 aromatic carbocycles. The Morgan fingerprint density at radius 2 is 2.12 bits per heavy atom. The third-order valence-corrected chi connectivity index (χ3v) is 3.93. The summed E-state index contributed by atoms with van der Waals surface area (Å²) in [6.07, 6.45) is 4.13. The monoisotopic (exact) mass is 281 g/mol. The summed E-state index contributed by atoms with van der Waals surface area (Å²) in [6.45, 7) is 2.25. The highest BCUT2D eigenvalue weighted by Gasteiger charge is 2.25. The van der Waals surface area contributed by atoms with Crippen LogP contribution >= 0.6 is 15.9 Å². The van der Waals surface area contributed by atoms with Crippen LogP contribution in [0, 0.1) is 0 Å². The van der Waals surface area contributed by atoms with Crippen LogP contribution in [0.2, 0.25) is 0 Å². The molecule has 86 valence electrons. The molecular formula is C13H16BrNO. The first-order chi connectivity index (χ1) is 7.83. The fourth-order valence-electron chi connectivity index (χ4n) is 2.17. The molecule has 0 aromatic heterocycles. The number of rotatable bonds is 3. The van der Waals surface area contributed by atoms with Gasteiger partial charge in [0.1, 0.15) is 5.75 Å². The summed E-state index contributed by atoms with van der Waals surface area (Å²) in [5.74, 6) is 1.67. The molecule has 1 unspecified atom stereocenters. The average molecular weight is 282 g/mol. The lowest BCUT2D eigenvalue weighted by atomic mass is 9.98. The number of benzene rings is 1. The Morgan fingerprint density at radius 3 is 2.75 bits per heavy atom. The van der Waals surface area contributed by atoms with Crippen LogP contribution in [-0.2, 0) is 0 Å². The Kier molecular flexibility index (Phi) is 2.90. The molecule has 2 fully saturated rings. The molecule has 3 rings (SSSR count).